The van der Waals surface area contributed by atoms with Crippen LogP contribution < -0.4 is 10.9 Å². The highest BCUT2D eigenvalue weighted by molar-refractivity contribution is 7.18. The van der Waals surface area contributed by atoms with Crippen molar-refractivity contribution in [3.8, 4) is 0 Å². The molecule has 0 saturated carbocycles. The zero-order valence-corrected chi connectivity index (χ0v) is 14.6. The van der Waals surface area contributed by atoms with Crippen LogP contribution in [0.5, 0.6) is 0 Å². The molecule has 124 valence electrons. The second-order valence-electron chi connectivity index (χ2n) is 6.78. The number of carbonyl (C=O) groups is 1. The highest BCUT2D eigenvalue weighted by atomic mass is 32.1. The summed E-state index contributed by atoms with van der Waals surface area (Å²) in [5.41, 5.74) is 0.932. The third-order valence-corrected chi connectivity index (χ3v) is 5.32. The molecule has 0 unspecified atom stereocenters. The Hall–Kier alpha value is -1.76. The van der Waals surface area contributed by atoms with E-state index in [4.69, 9.17) is 0 Å². The molecule has 0 saturated heterocycles. The summed E-state index contributed by atoms with van der Waals surface area (Å²) in [5, 5.41) is 11.6. The molecule has 0 aromatic carbocycles. The van der Waals surface area contributed by atoms with Crippen molar-refractivity contribution in [1.29, 1.82) is 0 Å². The standard InChI is InChI=1S/C16H22N4O2S/c1-9(2)7-17-13(21)8-20-16(22)14-11-5-4-10(3)6-12(11)23-15(14)18-19-20/h9-10H,4-8H2,1-3H3,(H,17,21)/t10-/m1/s1. The molecule has 2 aromatic heterocycles. The third kappa shape index (κ3) is 3.29. The van der Waals surface area contributed by atoms with Crippen LogP contribution in [0.2, 0.25) is 0 Å². The van der Waals surface area contributed by atoms with Crippen LogP contribution in [0, 0.1) is 11.8 Å². The molecule has 0 spiro atoms. The van der Waals surface area contributed by atoms with E-state index in [1.807, 2.05) is 13.8 Å². The first-order valence-electron chi connectivity index (χ1n) is 8.10. The van der Waals surface area contributed by atoms with Crippen LogP contribution in [0.4, 0.5) is 0 Å². The predicted molar refractivity (Wildman–Crippen MR) is 90.7 cm³/mol. The molecule has 2 aromatic rings. The number of thiophene rings is 1. The van der Waals surface area contributed by atoms with Crippen molar-refractivity contribution < 1.29 is 4.79 Å². The molecule has 3 rings (SSSR count). The summed E-state index contributed by atoms with van der Waals surface area (Å²) >= 11 is 1.57. The van der Waals surface area contributed by atoms with Crippen molar-refractivity contribution in [3.63, 3.8) is 0 Å². The Morgan fingerprint density at radius 3 is 3.00 bits per heavy atom. The topological polar surface area (TPSA) is 76.9 Å². The van der Waals surface area contributed by atoms with Gasteiger partial charge in [-0.15, -0.1) is 16.4 Å². The molecular formula is C16H22N4O2S. The van der Waals surface area contributed by atoms with Gasteiger partial charge in [0.1, 0.15) is 6.54 Å². The van der Waals surface area contributed by atoms with Crippen molar-refractivity contribution in [2.45, 2.75) is 46.6 Å². The van der Waals surface area contributed by atoms with Crippen LogP contribution >= 0.6 is 11.3 Å². The fourth-order valence-corrected chi connectivity index (χ4v) is 4.22. The van der Waals surface area contributed by atoms with Gasteiger partial charge in [0.05, 0.1) is 5.39 Å². The summed E-state index contributed by atoms with van der Waals surface area (Å²) in [7, 11) is 0. The molecule has 0 radical (unpaired) electrons. The van der Waals surface area contributed by atoms with Gasteiger partial charge in [-0.2, -0.15) is 0 Å². The van der Waals surface area contributed by atoms with Gasteiger partial charge < -0.3 is 5.32 Å². The molecule has 6 nitrogen and oxygen atoms in total. The lowest BCUT2D eigenvalue weighted by Gasteiger charge is -2.17. The minimum absolute atomic E-state index is 0.0739. The first-order valence-corrected chi connectivity index (χ1v) is 8.92. The first kappa shape index (κ1) is 16.1. The quantitative estimate of drug-likeness (QED) is 0.924. The first-order chi connectivity index (χ1) is 11.0. The number of nitrogens with one attached hydrogen (secondary N) is 1. The summed E-state index contributed by atoms with van der Waals surface area (Å²) in [6, 6.07) is 0. The van der Waals surface area contributed by atoms with Crippen LogP contribution in [0.15, 0.2) is 4.79 Å². The van der Waals surface area contributed by atoms with Crippen molar-refractivity contribution in [2.24, 2.45) is 11.8 Å². The van der Waals surface area contributed by atoms with Crippen LogP contribution in [-0.2, 0) is 24.2 Å². The SMILES string of the molecule is CC(C)CNC(=O)Cn1nnc2sc3c(c2c1=O)CC[C@@H](C)C3. The Labute approximate surface area is 138 Å². The highest BCUT2D eigenvalue weighted by Gasteiger charge is 2.24. The van der Waals surface area contributed by atoms with E-state index in [0.29, 0.717) is 28.6 Å². The number of aryl methyl sites for hydroxylation is 1. The van der Waals surface area contributed by atoms with Gasteiger partial charge in [-0.3, -0.25) is 9.59 Å². The smallest absolute Gasteiger partial charge is 0.279 e. The van der Waals surface area contributed by atoms with E-state index in [-0.39, 0.29) is 18.0 Å². The summed E-state index contributed by atoms with van der Waals surface area (Å²) in [6.07, 6.45) is 3.01. The summed E-state index contributed by atoms with van der Waals surface area (Å²) in [6.45, 7) is 6.80. The van der Waals surface area contributed by atoms with Gasteiger partial charge in [0, 0.05) is 11.4 Å². The van der Waals surface area contributed by atoms with E-state index >= 15 is 0 Å². The van der Waals surface area contributed by atoms with E-state index in [1.54, 1.807) is 11.3 Å². The molecule has 7 heteroatoms. The molecular weight excluding hydrogens is 312 g/mol. The average molecular weight is 334 g/mol. The van der Waals surface area contributed by atoms with Crippen molar-refractivity contribution in [1.82, 2.24) is 20.3 Å². The molecule has 23 heavy (non-hydrogen) atoms. The van der Waals surface area contributed by atoms with E-state index < -0.39 is 0 Å². The number of hydrogen-bond donors (Lipinski definition) is 1. The number of nitrogens with zero attached hydrogens (tertiary/aromatic N) is 3. The second kappa shape index (κ2) is 6.39. The number of carbonyl (C=O) groups excluding carboxylic acids is 1. The van der Waals surface area contributed by atoms with E-state index in [9.17, 15) is 9.59 Å². The highest BCUT2D eigenvalue weighted by Crippen LogP contribution is 2.35. The molecule has 0 fully saturated rings. The van der Waals surface area contributed by atoms with Crippen LogP contribution in [-0.4, -0.2) is 27.4 Å². The number of aromatic nitrogens is 3. The Balaban J connectivity index is 1.90. The predicted octanol–water partition coefficient (Wildman–Crippen LogP) is 1.75. The van der Waals surface area contributed by atoms with Crippen molar-refractivity contribution >= 4 is 27.5 Å². The van der Waals surface area contributed by atoms with Gasteiger partial charge in [-0.1, -0.05) is 26.0 Å². The Bertz CT molecular complexity index is 793. The number of rotatable bonds is 4. The minimum Gasteiger partial charge on any atom is -0.354 e. The zero-order chi connectivity index (χ0) is 16.6. The maximum atomic E-state index is 12.7. The lowest BCUT2D eigenvalue weighted by Crippen LogP contribution is -2.35. The Kier molecular flexibility index (Phi) is 4.48. The molecule has 1 aliphatic rings. The maximum Gasteiger partial charge on any atom is 0.279 e. The number of hydrogen-bond acceptors (Lipinski definition) is 5. The van der Waals surface area contributed by atoms with E-state index in [2.05, 4.69) is 22.6 Å². The van der Waals surface area contributed by atoms with Gasteiger partial charge in [0.15, 0.2) is 4.83 Å². The van der Waals surface area contributed by atoms with Gasteiger partial charge >= 0.3 is 0 Å². The largest absolute Gasteiger partial charge is 0.354 e. The Morgan fingerprint density at radius 1 is 1.48 bits per heavy atom. The van der Waals surface area contributed by atoms with E-state index in [0.717, 1.165) is 24.8 Å². The van der Waals surface area contributed by atoms with Crippen LogP contribution in [0.3, 0.4) is 0 Å². The van der Waals surface area contributed by atoms with Crippen molar-refractivity contribution in [2.75, 3.05) is 6.54 Å². The zero-order valence-electron chi connectivity index (χ0n) is 13.8. The maximum absolute atomic E-state index is 12.7. The van der Waals surface area contributed by atoms with Gasteiger partial charge in [0.25, 0.3) is 5.56 Å². The van der Waals surface area contributed by atoms with Crippen LogP contribution in [0.1, 0.15) is 37.6 Å². The third-order valence-electron chi connectivity index (χ3n) is 4.19. The van der Waals surface area contributed by atoms with Crippen molar-refractivity contribution in [3.05, 3.63) is 20.8 Å². The fourth-order valence-electron chi connectivity index (χ4n) is 2.90. The molecule has 1 amide bonds. The lowest BCUT2D eigenvalue weighted by molar-refractivity contribution is -0.122. The van der Waals surface area contributed by atoms with Gasteiger partial charge in [0.2, 0.25) is 5.91 Å². The normalized spacial score (nSPS) is 17.5. The monoisotopic (exact) mass is 334 g/mol. The molecule has 2 heterocycles. The summed E-state index contributed by atoms with van der Waals surface area (Å²) in [5.74, 6) is 0.815. The van der Waals surface area contributed by atoms with Gasteiger partial charge in [-0.25, -0.2) is 4.68 Å². The molecule has 0 aliphatic heterocycles. The second-order valence-corrected chi connectivity index (χ2v) is 7.87. The number of amides is 1. The Morgan fingerprint density at radius 2 is 2.26 bits per heavy atom. The van der Waals surface area contributed by atoms with Crippen LogP contribution in [0.25, 0.3) is 10.2 Å². The minimum atomic E-state index is -0.202. The molecule has 1 aliphatic carbocycles. The lowest BCUT2D eigenvalue weighted by atomic mass is 9.89. The average Bonchev–Trinajstić information content (AvgIpc) is 2.86. The summed E-state index contributed by atoms with van der Waals surface area (Å²) < 4.78 is 1.18. The van der Waals surface area contributed by atoms with E-state index in [1.165, 1.54) is 9.56 Å². The fraction of sp³-hybridized carbons (Fsp3) is 0.625. The molecule has 1 atom stereocenters. The summed E-state index contributed by atoms with van der Waals surface area (Å²) in [4.78, 5) is 26.6. The number of fused-ring (bicyclic) bond motifs is 3. The molecule has 0 bridgehead atoms. The van der Waals surface area contributed by atoms with Gasteiger partial charge in [-0.05, 0) is 36.7 Å². The molecule has 1 N–H and O–H groups in total.